The van der Waals surface area contributed by atoms with Crippen LogP contribution < -0.4 is 0 Å². The van der Waals surface area contributed by atoms with Crippen LogP contribution in [0.3, 0.4) is 0 Å². The number of hydrogen-bond donors (Lipinski definition) is 1. The van der Waals surface area contributed by atoms with Crippen molar-refractivity contribution in [3.05, 3.63) is 0 Å². The maximum atomic E-state index is 8.79. The minimum absolute atomic E-state index is 0.105. The summed E-state index contributed by atoms with van der Waals surface area (Å²) < 4.78 is 6.24. The third-order valence-electron chi connectivity index (χ3n) is 3.37. The molecule has 0 heterocycles. The molecule has 102 valence electrons. The van der Waals surface area contributed by atoms with Crippen LogP contribution in [0.15, 0.2) is 0 Å². The first-order valence-corrected chi connectivity index (χ1v) is 9.36. The molecule has 0 saturated carbocycles. The van der Waals surface area contributed by atoms with Gasteiger partial charge in [-0.1, -0.05) is 32.6 Å². The molecule has 0 aliphatic carbocycles. The van der Waals surface area contributed by atoms with Gasteiger partial charge in [-0.05, 0) is 31.0 Å². The molecule has 0 fully saturated rings. The number of rotatable bonds is 5. The first-order valence-electron chi connectivity index (χ1n) is 6.45. The van der Waals surface area contributed by atoms with E-state index in [1.165, 1.54) is 0 Å². The minimum atomic E-state index is -1.81. The zero-order valence-electron chi connectivity index (χ0n) is 12.3. The molecular weight excluding hydrogens is 240 g/mol. The summed E-state index contributed by atoms with van der Waals surface area (Å²) in [5.41, 5.74) is 0. The lowest BCUT2D eigenvalue weighted by molar-refractivity contribution is 0.220. The van der Waals surface area contributed by atoms with Crippen LogP contribution in [0.4, 0.5) is 0 Å². The van der Waals surface area contributed by atoms with Crippen LogP contribution in [-0.2, 0) is 4.43 Å². The average molecular weight is 266 g/mol. The number of terminal acetylenes is 1. The lowest BCUT2D eigenvalue weighted by atomic mass is 10.1. The number of aliphatic hydroxyl groups excluding tert-OH is 1. The van der Waals surface area contributed by atoms with Crippen molar-refractivity contribution in [1.82, 2.24) is 0 Å². The first-order chi connectivity index (χ1) is 8.24. The van der Waals surface area contributed by atoms with Crippen LogP contribution in [0, 0.1) is 24.2 Å². The van der Waals surface area contributed by atoms with Crippen LogP contribution in [-0.4, -0.2) is 26.1 Å². The number of unbranched alkanes of at least 4 members (excludes halogenated alkanes) is 1. The first kappa shape index (κ1) is 17.3. The van der Waals surface area contributed by atoms with Gasteiger partial charge in [-0.3, -0.25) is 0 Å². The van der Waals surface area contributed by atoms with Gasteiger partial charge in [-0.15, -0.1) is 12.3 Å². The molecule has 18 heavy (non-hydrogen) atoms. The minimum Gasteiger partial charge on any atom is -0.403 e. The van der Waals surface area contributed by atoms with Crippen LogP contribution in [0.25, 0.3) is 0 Å². The van der Waals surface area contributed by atoms with E-state index in [9.17, 15) is 0 Å². The van der Waals surface area contributed by atoms with E-state index in [2.05, 4.69) is 51.6 Å². The van der Waals surface area contributed by atoms with Gasteiger partial charge in [0.05, 0.1) is 0 Å². The van der Waals surface area contributed by atoms with Crippen molar-refractivity contribution in [2.75, 3.05) is 6.61 Å². The molecular formula is C15H26O2Si. The van der Waals surface area contributed by atoms with Gasteiger partial charge < -0.3 is 9.53 Å². The highest BCUT2D eigenvalue weighted by Gasteiger charge is 2.38. The van der Waals surface area contributed by atoms with Crippen molar-refractivity contribution in [1.29, 1.82) is 0 Å². The van der Waals surface area contributed by atoms with Gasteiger partial charge >= 0.3 is 0 Å². The fourth-order valence-corrected chi connectivity index (χ4v) is 2.48. The van der Waals surface area contributed by atoms with E-state index >= 15 is 0 Å². The van der Waals surface area contributed by atoms with Crippen molar-refractivity contribution < 1.29 is 9.53 Å². The molecule has 0 radical (unpaired) electrons. The predicted molar refractivity (Wildman–Crippen MR) is 79.6 cm³/mol. The fourth-order valence-electron chi connectivity index (χ4n) is 1.24. The van der Waals surface area contributed by atoms with Crippen molar-refractivity contribution in [2.24, 2.45) is 0 Å². The monoisotopic (exact) mass is 266 g/mol. The lowest BCUT2D eigenvalue weighted by Crippen LogP contribution is -2.43. The Hall–Kier alpha value is -0.743. The Labute approximate surface area is 113 Å². The molecule has 0 aliphatic heterocycles. The molecule has 1 N–H and O–H groups in total. The molecule has 1 unspecified atom stereocenters. The Morgan fingerprint density at radius 2 is 1.94 bits per heavy atom. The fraction of sp³-hybridized carbons (Fsp3) is 0.733. The summed E-state index contributed by atoms with van der Waals surface area (Å²) in [5.74, 6) is 8.33. The third-order valence-corrected chi connectivity index (χ3v) is 7.86. The Balaban J connectivity index is 4.64. The molecule has 0 aliphatic rings. The molecule has 0 rings (SSSR count). The van der Waals surface area contributed by atoms with E-state index in [0.717, 1.165) is 19.3 Å². The molecule has 0 saturated heterocycles. The van der Waals surface area contributed by atoms with E-state index in [1.54, 1.807) is 0 Å². The number of hydrogen-bond acceptors (Lipinski definition) is 2. The Kier molecular flexibility index (Phi) is 7.32. The third kappa shape index (κ3) is 6.26. The molecule has 3 heteroatoms. The summed E-state index contributed by atoms with van der Waals surface area (Å²) in [7, 11) is -1.81. The van der Waals surface area contributed by atoms with Gasteiger partial charge in [0.15, 0.2) is 8.32 Å². The summed E-state index contributed by atoms with van der Waals surface area (Å²) in [5, 5.41) is 8.96. The van der Waals surface area contributed by atoms with Gasteiger partial charge in [0.2, 0.25) is 0 Å². The standard InChI is InChI=1S/C15H26O2Si/c1-7-8-9-11-14(12-10-13-16)17-18(5,6)15(2,3)4/h1,14,16H,8-9,11,13H2,2-6H3. The normalized spacial score (nSPS) is 13.4. The zero-order chi connectivity index (χ0) is 14.2. The van der Waals surface area contributed by atoms with Crippen LogP contribution in [0.5, 0.6) is 0 Å². The number of aliphatic hydroxyl groups is 1. The largest absolute Gasteiger partial charge is 0.403 e. The molecule has 0 amide bonds. The average Bonchev–Trinajstić information content (AvgIpc) is 2.24. The van der Waals surface area contributed by atoms with Gasteiger partial charge in [0.25, 0.3) is 0 Å². The Bertz CT molecular complexity index is 336. The highest BCUT2D eigenvalue weighted by atomic mass is 28.4. The van der Waals surface area contributed by atoms with Crippen LogP contribution in [0.2, 0.25) is 18.1 Å². The van der Waals surface area contributed by atoms with Gasteiger partial charge in [0, 0.05) is 6.42 Å². The SMILES string of the molecule is C#CCCCC(C#CCO)O[Si](C)(C)C(C)(C)C. The zero-order valence-corrected chi connectivity index (χ0v) is 13.3. The topological polar surface area (TPSA) is 29.5 Å². The summed E-state index contributed by atoms with van der Waals surface area (Å²) in [6, 6.07) is 0. The van der Waals surface area contributed by atoms with Crippen LogP contribution >= 0.6 is 0 Å². The summed E-state index contributed by atoms with van der Waals surface area (Å²) in [6.45, 7) is 10.9. The maximum absolute atomic E-state index is 8.79. The van der Waals surface area contributed by atoms with Crippen LogP contribution in [0.1, 0.15) is 40.0 Å². The molecule has 0 spiro atoms. The summed E-state index contributed by atoms with van der Waals surface area (Å²) >= 11 is 0. The molecule has 2 nitrogen and oxygen atoms in total. The molecule has 0 aromatic heterocycles. The van der Waals surface area contributed by atoms with E-state index in [1.807, 2.05) is 0 Å². The summed E-state index contributed by atoms with van der Waals surface area (Å²) in [4.78, 5) is 0. The smallest absolute Gasteiger partial charge is 0.193 e. The van der Waals surface area contributed by atoms with Crippen molar-refractivity contribution in [3.63, 3.8) is 0 Å². The van der Waals surface area contributed by atoms with E-state index in [-0.39, 0.29) is 17.7 Å². The second kappa shape index (κ2) is 7.64. The second-order valence-corrected chi connectivity index (χ2v) is 10.7. The molecule has 0 bridgehead atoms. The van der Waals surface area contributed by atoms with E-state index in [0.29, 0.717) is 0 Å². The highest BCUT2D eigenvalue weighted by Crippen LogP contribution is 2.37. The van der Waals surface area contributed by atoms with Gasteiger partial charge in [-0.25, -0.2) is 0 Å². The maximum Gasteiger partial charge on any atom is 0.193 e. The second-order valence-electron chi connectivity index (χ2n) is 5.94. The highest BCUT2D eigenvalue weighted by molar-refractivity contribution is 6.74. The van der Waals surface area contributed by atoms with Crippen molar-refractivity contribution in [3.8, 4) is 24.2 Å². The molecule has 1 atom stereocenters. The van der Waals surface area contributed by atoms with Gasteiger partial charge in [-0.2, -0.15) is 0 Å². The lowest BCUT2D eigenvalue weighted by Gasteiger charge is -2.38. The summed E-state index contributed by atoms with van der Waals surface area (Å²) in [6.07, 6.45) is 7.65. The Morgan fingerprint density at radius 1 is 1.33 bits per heavy atom. The molecule has 0 aromatic rings. The van der Waals surface area contributed by atoms with Crippen molar-refractivity contribution >= 4 is 8.32 Å². The Morgan fingerprint density at radius 3 is 2.39 bits per heavy atom. The predicted octanol–water partition coefficient (Wildman–Crippen LogP) is 3.18. The quantitative estimate of drug-likeness (QED) is 0.470. The van der Waals surface area contributed by atoms with E-state index < -0.39 is 8.32 Å². The van der Waals surface area contributed by atoms with E-state index in [4.69, 9.17) is 16.0 Å². The van der Waals surface area contributed by atoms with Gasteiger partial charge in [0.1, 0.15) is 12.7 Å². The van der Waals surface area contributed by atoms with Crippen molar-refractivity contribution in [2.45, 2.75) is 64.3 Å². The molecule has 0 aromatic carbocycles.